The number of hydrogen-bond acceptors (Lipinski definition) is 8. The molecule has 3 rings (SSSR count). The zero-order valence-electron chi connectivity index (χ0n) is 18.1. The van der Waals surface area contributed by atoms with Gasteiger partial charge < -0.3 is 9.47 Å². The summed E-state index contributed by atoms with van der Waals surface area (Å²) in [7, 11) is 1.18. The molecular weight excluding hydrogens is 496 g/mol. The van der Waals surface area contributed by atoms with E-state index < -0.39 is 17.5 Å². The second-order valence-corrected chi connectivity index (χ2v) is 8.04. The number of carbonyl (C=O) groups excluding carboxylic acids is 1. The maximum atomic E-state index is 13.2. The monoisotopic (exact) mass is 516 g/mol. The Bertz CT molecular complexity index is 1300. The van der Waals surface area contributed by atoms with Crippen LogP contribution in [0.15, 0.2) is 50.8 Å². The molecule has 10 nitrogen and oxygen atoms in total. The molecule has 11 heteroatoms. The smallest absolute Gasteiger partial charge is 0.343 e. The summed E-state index contributed by atoms with van der Waals surface area (Å²) in [4.78, 5) is 40.2. The number of ether oxygens (including phenoxy) is 2. The number of nitro benzene ring substituents is 1. The minimum absolute atomic E-state index is 0.0805. The number of nitrogens with zero attached hydrogens (tertiary/aromatic N) is 4. The quantitative estimate of drug-likeness (QED) is 0.191. The molecule has 0 saturated carbocycles. The van der Waals surface area contributed by atoms with Crippen molar-refractivity contribution in [2.24, 2.45) is 5.10 Å². The van der Waals surface area contributed by atoms with Crippen molar-refractivity contribution < 1.29 is 19.2 Å². The molecule has 0 radical (unpaired) electrons. The SMILES string of the molecule is CC[C@H](C)c1nc2ccc(Br)cc2c(=O)n1N=Cc1cccc([N+](=O)[O-])c1OCC(=O)OC. The van der Waals surface area contributed by atoms with Crippen molar-refractivity contribution in [3.63, 3.8) is 0 Å². The summed E-state index contributed by atoms with van der Waals surface area (Å²) in [6.07, 6.45) is 1.99. The van der Waals surface area contributed by atoms with Gasteiger partial charge in [-0.3, -0.25) is 14.9 Å². The zero-order chi connectivity index (χ0) is 24.1. The molecule has 0 amide bonds. The minimum Gasteiger partial charge on any atom is -0.474 e. The van der Waals surface area contributed by atoms with Gasteiger partial charge in [-0.1, -0.05) is 35.8 Å². The zero-order valence-corrected chi connectivity index (χ0v) is 19.7. The molecule has 0 saturated heterocycles. The Hall–Kier alpha value is -3.60. The maximum absolute atomic E-state index is 13.2. The number of para-hydroxylation sites is 1. The number of halogens is 1. The first-order chi connectivity index (χ1) is 15.8. The van der Waals surface area contributed by atoms with E-state index in [2.05, 4.69) is 30.8 Å². The van der Waals surface area contributed by atoms with Gasteiger partial charge in [0, 0.05) is 22.0 Å². The van der Waals surface area contributed by atoms with Crippen LogP contribution in [0.4, 0.5) is 5.69 Å². The van der Waals surface area contributed by atoms with E-state index in [4.69, 9.17) is 4.74 Å². The summed E-state index contributed by atoms with van der Waals surface area (Å²) in [6.45, 7) is 3.37. The predicted octanol–water partition coefficient (Wildman–Crippen LogP) is 4.01. The highest BCUT2D eigenvalue weighted by atomic mass is 79.9. The van der Waals surface area contributed by atoms with Gasteiger partial charge in [0.15, 0.2) is 6.61 Å². The average molecular weight is 517 g/mol. The highest BCUT2D eigenvalue weighted by molar-refractivity contribution is 9.10. The van der Waals surface area contributed by atoms with E-state index in [1.54, 1.807) is 18.2 Å². The van der Waals surface area contributed by atoms with Crippen LogP contribution >= 0.6 is 15.9 Å². The Morgan fingerprint density at radius 3 is 2.79 bits per heavy atom. The van der Waals surface area contributed by atoms with Crippen molar-refractivity contribution in [1.82, 2.24) is 9.66 Å². The lowest BCUT2D eigenvalue weighted by Crippen LogP contribution is -2.23. The van der Waals surface area contributed by atoms with Crippen molar-refractivity contribution in [2.75, 3.05) is 13.7 Å². The van der Waals surface area contributed by atoms with E-state index in [-0.39, 0.29) is 28.5 Å². The molecule has 172 valence electrons. The van der Waals surface area contributed by atoms with Gasteiger partial charge >= 0.3 is 11.7 Å². The van der Waals surface area contributed by atoms with E-state index >= 15 is 0 Å². The number of esters is 1. The molecule has 1 heterocycles. The summed E-state index contributed by atoms with van der Waals surface area (Å²) in [5, 5.41) is 16.2. The molecule has 0 spiro atoms. The van der Waals surface area contributed by atoms with Gasteiger partial charge in [0.1, 0.15) is 5.82 Å². The fourth-order valence-corrected chi connectivity index (χ4v) is 3.40. The lowest BCUT2D eigenvalue weighted by molar-refractivity contribution is -0.385. The first-order valence-electron chi connectivity index (χ1n) is 10.00. The van der Waals surface area contributed by atoms with Crippen LogP contribution in [0.2, 0.25) is 0 Å². The third-order valence-corrected chi connectivity index (χ3v) is 5.48. The summed E-state index contributed by atoms with van der Waals surface area (Å²) in [6, 6.07) is 9.45. The Balaban J connectivity index is 2.16. The molecule has 1 aromatic heterocycles. The third-order valence-electron chi connectivity index (χ3n) is 4.98. The van der Waals surface area contributed by atoms with Crippen LogP contribution in [0.5, 0.6) is 5.75 Å². The average Bonchev–Trinajstić information content (AvgIpc) is 2.81. The van der Waals surface area contributed by atoms with Gasteiger partial charge in [0.25, 0.3) is 5.56 Å². The molecule has 0 bridgehead atoms. The van der Waals surface area contributed by atoms with Gasteiger partial charge in [-0.15, -0.1) is 0 Å². The number of aromatic nitrogens is 2. The van der Waals surface area contributed by atoms with Crippen LogP contribution in [-0.4, -0.2) is 40.5 Å². The highest BCUT2D eigenvalue weighted by Crippen LogP contribution is 2.30. The van der Waals surface area contributed by atoms with Crippen molar-refractivity contribution in [1.29, 1.82) is 0 Å². The van der Waals surface area contributed by atoms with E-state index in [0.717, 1.165) is 4.47 Å². The van der Waals surface area contributed by atoms with E-state index in [1.165, 1.54) is 36.2 Å². The summed E-state index contributed by atoms with van der Waals surface area (Å²) < 4.78 is 11.8. The van der Waals surface area contributed by atoms with E-state index in [1.807, 2.05) is 13.8 Å². The fourth-order valence-electron chi connectivity index (χ4n) is 3.03. The minimum atomic E-state index is -0.698. The molecule has 1 atom stereocenters. The number of hydrogen-bond donors (Lipinski definition) is 0. The Morgan fingerprint density at radius 2 is 2.12 bits per heavy atom. The molecule has 33 heavy (non-hydrogen) atoms. The van der Waals surface area contributed by atoms with Crippen LogP contribution < -0.4 is 10.3 Å². The Labute approximate surface area is 197 Å². The number of rotatable bonds is 8. The second-order valence-electron chi connectivity index (χ2n) is 7.12. The molecular formula is C22H21BrN4O6. The molecule has 0 unspecified atom stereocenters. The molecule has 0 aliphatic carbocycles. The summed E-state index contributed by atoms with van der Waals surface area (Å²) >= 11 is 3.36. The van der Waals surface area contributed by atoms with Crippen molar-refractivity contribution in [3.05, 3.63) is 72.7 Å². The van der Waals surface area contributed by atoms with Gasteiger partial charge in [0.2, 0.25) is 5.75 Å². The normalized spacial score (nSPS) is 12.1. The lowest BCUT2D eigenvalue weighted by atomic mass is 10.1. The summed E-state index contributed by atoms with van der Waals surface area (Å²) in [5.74, 6) is -0.485. The number of methoxy groups -OCH3 is 1. The van der Waals surface area contributed by atoms with Crippen LogP contribution in [0, 0.1) is 10.1 Å². The first kappa shape index (κ1) is 24.1. The van der Waals surface area contributed by atoms with Gasteiger partial charge in [-0.2, -0.15) is 9.78 Å². The Morgan fingerprint density at radius 1 is 1.36 bits per heavy atom. The molecule has 3 aromatic rings. The summed E-state index contributed by atoms with van der Waals surface area (Å²) in [5.41, 5.74) is 0.0278. The third kappa shape index (κ3) is 5.25. The van der Waals surface area contributed by atoms with E-state index in [0.29, 0.717) is 23.1 Å². The van der Waals surface area contributed by atoms with Crippen LogP contribution in [0.1, 0.15) is 37.6 Å². The van der Waals surface area contributed by atoms with Crippen molar-refractivity contribution in [2.45, 2.75) is 26.2 Å². The molecule has 0 aliphatic rings. The van der Waals surface area contributed by atoms with Gasteiger partial charge in [-0.05, 0) is 30.7 Å². The Kier molecular flexibility index (Phi) is 7.54. The topological polar surface area (TPSA) is 126 Å². The van der Waals surface area contributed by atoms with E-state index in [9.17, 15) is 19.7 Å². The predicted molar refractivity (Wildman–Crippen MR) is 126 cm³/mol. The lowest BCUT2D eigenvalue weighted by Gasteiger charge is -2.14. The van der Waals surface area contributed by atoms with Crippen LogP contribution in [0.25, 0.3) is 10.9 Å². The molecule has 0 N–H and O–H groups in total. The first-order valence-corrected chi connectivity index (χ1v) is 10.8. The number of nitro groups is 1. The highest BCUT2D eigenvalue weighted by Gasteiger charge is 2.20. The molecule has 0 fully saturated rings. The van der Waals surface area contributed by atoms with Gasteiger partial charge in [-0.25, -0.2) is 9.78 Å². The van der Waals surface area contributed by atoms with Crippen molar-refractivity contribution in [3.8, 4) is 5.75 Å². The van der Waals surface area contributed by atoms with Crippen LogP contribution in [-0.2, 0) is 9.53 Å². The molecule has 0 aliphatic heterocycles. The standard InChI is InChI=1S/C22H21BrN4O6/c1-4-13(2)21-25-17-9-8-15(23)10-16(17)22(29)26(21)24-11-14-6-5-7-18(27(30)31)20(14)33-12-19(28)32-3/h5-11,13H,4,12H2,1-3H3/t13-/m0/s1. The van der Waals surface area contributed by atoms with Crippen LogP contribution in [0.3, 0.4) is 0 Å². The van der Waals surface area contributed by atoms with Crippen molar-refractivity contribution >= 4 is 44.7 Å². The maximum Gasteiger partial charge on any atom is 0.343 e. The number of benzene rings is 2. The van der Waals surface area contributed by atoms with Gasteiger partial charge in [0.05, 0.1) is 29.2 Å². The second kappa shape index (κ2) is 10.3. The molecule has 2 aromatic carbocycles. The number of fused-ring (bicyclic) bond motifs is 1. The fraction of sp³-hybridized carbons (Fsp3) is 0.273. The largest absolute Gasteiger partial charge is 0.474 e. The number of carbonyl (C=O) groups is 1.